The summed E-state index contributed by atoms with van der Waals surface area (Å²) in [7, 11) is 0. The smallest absolute Gasteiger partial charge is 0.348 e. The lowest BCUT2D eigenvalue weighted by Gasteiger charge is -2.26. The lowest BCUT2D eigenvalue weighted by molar-refractivity contribution is -0.910. The largest absolute Gasteiger partial charge is 0.452 e. The lowest BCUT2D eigenvalue weighted by atomic mass is 10.3. The minimum absolute atomic E-state index is 0.0438. The third-order valence-corrected chi connectivity index (χ3v) is 3.66. The molecule has 0 unspecified atom stereocenters. The molecule has 1 aliphatic heterocycles. The number of quaternary nitrogens is 1. The van der Waals surface area contributed by atoms with Crippen LogP contribution in [0.5, 0.6) is 0 Å². The van der Waals surface area contributed by atoms with E-state index in [0.29, 0.717) is 4.88 Å². The number of hydrogen-bond acceptors (Lipinski definition) is 4. The van der Waals surface area contributed by atoms with Crippen molar-refractivity contribution in [1.82, 2.24) is 0 Å². The first kappa shape index (κ1) is 12.5. The molecular weight excluding hydrogens is 238 g/mol. The molecule has 0 bridgehead atoms. The zero-order chi connectivity index (χ0) is 12.1. The summed E-state index contributed by atoms with van der Waals surface area (Å²) in [4.78, 5) is 13.8. The van der Waals surface area contributed by atoms with E-state index in [-0.39, 0.29) is 12.1 Å². The van der Waals surface area contributed by atoms with Crippen LogP contribution in [0, 0.1) is 0 Å². The number of morpholine rings is 1. The molecule has 0 radical (unpaired) electrons. The van der Waals surface area contributed by atoms with Gasteiger partial charge in [0, 0.05) is 0 Å². The van der Waals surface area contributed by atoms with Crippen LogP contribution in [-0.4, -0.2) is 44.9 Å². The molecule has 0 amide bonds. The maximum Gasteiger partial charge on any atom is 0.348 e. The molecule has 17 heavy (non-hydrogen) atoms. The van der Waals surface area contributed by atoms with E-state index in [4.69, 9.17) is 9.47 Å². The molecule has 1 atom stereocenters. The Kier molecular flexibility index (Phi) is 4.53. The fraction of sp³-hybridized carbons (Fsp3) is 0.583. The maximum absolute atomic E-state index is 11.7. The first-order valence-corrected chi connectivity index (χ1v) is 6.79. The molecule has 2 rings (SSSR count). The van der Waals surface area contributed by atoms with Gasteiger partial charge in [-0.05, 0) is 18.4 Å². The summed E-state index contributed by atoms with van der Waals surface area (Å²) in [6.45, 7) is 6.43. The standard InChI is InChI=1S/C12H17NO3S/c1-10(9-13-4-6-15-7-5-13)16-12(14)11-3-2-8-17-11/h2-3,8,10H,4-7,9H2,1H3/p+1/t10-/m1/s1. The highest BCUT2D eigenvalue weighted by Gasteiger charge is 2.20. The van der Waals surface area contributed by atoms with Gasteiger partial charge in [0.1, 0.15) is 30.6 Å². The van der Waals surface area contributed by atoms with E-state index < -0.39 is 0 Å². The molecule has 4 nitrogen and oxygen atoms in total. The molecule has 2 heterocycles. The van der Waals surface area contributed by atoms with Gasteiger partial charge in [-0.3, -0.25) is 0 Å². The van der Waals surface area contributed by atoms with Gasteiger partial charge < -0.3 is 14.4 Å². The van der Waals surface area contributed by atoms with Gasteiger partial charge in [0.2, 0.25) is 0 Å². The Labute approximate surface area is 105 Å². The first-order chi connectivity index (χ1) is 8.25. The Morgan fingerprint density at radius 3 is 3.00 bits per heavy atom. The van der Waals surface area contributed by atoms with Crippen molar-refractivity contribution >= 4 is 17.3 Å². The van der Waals surface area contributed by atoms with Crippen LogP contribution in [0.2, 0.25) is 0 Å². The normalized spacial score (nSPS) is 18.9. The van der Waals surface area contributed by atoms with Gasteiger partial charge in [0.25, 0.3) is 0 Å². The van der Waals surface area contributed by atoms with Crippen LogP contribution in [0.15, 0.2) is 17.5 Å². The molecule has 1 saturated heterocycles. The van der Waals surface area contributed by atoms with E-state index >= 15 is 0 Å². The fourth-order valence-corrected chi connectivity index (χ4v) is 2.55. The molecule has 5 heteroatoms. The van der Waals surface area contributed by atoms with E-state index in [1.807, 2.05) is 18.4 Å². The number of carbonyl (C=O) groups excluding carboxylic acids is 1. The third-order valence-electron chi connectivity index (χ3n) is 2.81. The van der Waals surface area contributed by atoms with Crippen molar-refractivity contribution in [1.29, 1.82) is 0 Å². The minimum atomic E-state index is -0.208. The highest BCUT2D eigenvalue weighted by atomic mass is 32.1. The summed E-state index contributed by atoms with van der Waals surface area (Å²) >= 11 is 1.42. The zero-order valence-electron chi connectivity index (χ0n) is 9.98. The molecule has 0 saturated carbocycles. The fourth-order valence-electron chi connectivity index (χ4n) is 1.95. The predicted octanol–water partition coefficient (Wildman–Crippen LogP) is 0.209. The molecular formula is C12H18NO3S+. The number of esters is 1. The van der Waals surface area contributed by atoms with Gasteiger partial charge in [0.05, 0.1) is 13.2 Å². The molecule has 94 valence electrons. The monoisotopic (exact) mass is 256 g/mol. The number of carbonyl (C=O) groups is 1. The van der Waals surface area contributed by atoms with Crippen molar-refractivity contribution in [2.24, 2.45) is 0 Å². The minimum Gasteiger partial charge on any atom is -0.452 e. The second-order valence-electron chi connectivity index (χ2n) is 4.26. The summed E-state index contributed by atoms with van der Waals surface area (Å²) in [6, 6.07) is 3.65. The Bertz CT molecular complexity index is 347. The SMILES string of the molecule is C[C@H](C[NH+]1CCOCC1)OC(=O)c1cccs1. The molecule has 0 spiro atoms. The highest BCUT2D eigenvalue weighted by Crippen LogP contribution is 2.10. The number of ether oxygens (including phenoxy) is 2. The molecule has 1 aromatic rings. The van der Waals surface area contributed by atoms with Crippen LogP contribution < -0.4 is 4.90 Å². The predicted molar refractivity (Wildman–Crippen MR) is 65.6 cm³/mol. The number of nitrogens with one attached hydrogen (secondary N) is 1. The zero-order valence-corrected chi connectivity index (χ0v) is 10.8. The van der Waals surface area contributed by atoms with E-state index in [1.54, 1.807) is 6.07 Å². The van der Waals surface area contributed by atoms with Gasteiger partial charge >= 0.3 is 5.97 Å². The van der Waals surface area contributed by atoms with Gasteiger partial charge in [-0.25, -0.2) is 4.79 Å². The van der Waals surface area contributed by atoms with Crippen molar-refractivity contribution in [3.63, 3.8) is 0 Å². The summed E-state index contributed by atoms with van der Waals surface area (Å²) in [5.41, 5.74) is 0. The number of rotatable bonds is 4. The van der Waals surface area contributed by atoms with Crippen LogP contribution >= 0.6 is 11.3 Å². The summed E-state index contributed by atoms with van der Waals surface area (Å²) < 4.78 is 10.7. The third kappa shape index (κ3) is 3.80. The molecule has 0 aliphatic carbocycles. The Hall–Kier alpha value is -0.910. The van der Waals surface area contributed by atoms with Gasteiger partial charge in [-0.1, -0.05) is 6.07 Å². The molecule has 1 N–H and O–H groups in total. The van der Waals surface area contributed by atoms with Crippen molar-refractivity contribution in [3.05, 3.63) is 22.4 Å². The second-order valence-corrected chi connectivity index (χ2v) is 5.21. The molecule has 1 fully saturated rings. The van der Waals surface area contributed by atoms with Gasteiger partial charge in [-0.2, -0.15) is 0 Å². The maximum atomic E-state index is 11.7. The second kappa shape index (κ2) is 6.14. The van der Waals surface area contributed by atoms with Crippen LogP contribution in [0.1, 0.15) is 16.6 Å². The lowest BCUT2D eigenvalue weighted by Crippen LogP contribution is -3.15. The van der Waals surface area contributed by atoms with E-state index in [9.17, 15) is 4.79 Å². The van der Waals surface area contributed by atoms with Crippen molar-refractivity contribution < 1.29 is 19.2 Å². The topological polar surface area (TPSA) is 40.0 Å². The van der Waals surface area contributed by atoms with Crippen LogP contribution in [-0.2, 0) is 9.47 Å². The highest BCUT2D eigenvalue weighted by molar-refractivity contribution is 7.11. The van der Waals surface area contributed by atoms with Gasteiger partial charge in [0.15, 0.2) is 0 Å². The average molecular weight is 256 g/mol. The van der Waals surface area contributed by atoms with Crippen LogP contribution in [0.4, 0.5) is 0 Å². The summed E-state index contributed by atoms with van der Waals surface area (Å²) in [6.07, 6.45) is -0.0438. The molecule has 1 aliphatic rings. The Morgan fingerprint density at radius 1 is 1.59 bits per heavy atom. The Morgan fingerprint density at radius 2 is 2.35 bits per heavy atom. The Balaban J connectivity index is 1.76. The van der Waals surface area contributed by atoms with Crippen molar-refractivity contribution in [2.75, 3.05) is 32.8 Å². The molecule has 1 aromatic heterocycles. The summed E-state index contributed by atoms with van der Waals surface area (Å²) in [5.74, 6) is -0.208. The average Bonchev–Trinajstić information content (AvgIpc) is 2.83. The van der Waals surface area contributed by atoms with E-state index in [2.05, 4.69) is 0 Å². The van der Waals surface area contributed by atoms with Crippen LogP contribution in [0.3, 0.4) is 0 Å². The molecule has 0 aromatic carbocycles. The number of thiophene rings is 1. The van der Waals surface area contributed by atoms with Crippen molar-refractivity contribution in [2.45, 2.75) is 13.0 Å². The first-order valence-electron chi connectivity index (χ1n) is 5.91. The quantitative estimate of drug-likeness (QED) is 0.783. The summed E-state index contributed by atoms with van der Waals surface area (Å²) in [5, 5.41) is 1.88. The van der Waals surface area contributed by atoms with Gasteiger partial charge in [-0.15, -0.1) is 11.3 Å². The van der Waals surface area contributed by atoms with E-state index in [1.165, 1.54) is 16.2 Å². The van der Waals surface area contributed by atoms with E-state index in [0.717, 1.165) is 32.8 Å². The number of hydrogen-bond donors (Lipinski definition) is 1. The van der Waals surface area contributed by atoms with Crippen LogP contribution in [0.25, 0.3) is 0 Å². The van der Waals surface area contributed by atoms with Crippen molar-refractivity contribution in [3.8, 4) is 0 Å².